The Morgan fingerprint density at radius 1 is 0.853 bits per heavy atom. The van der Waals surface area contributed by atoms with Crippen molar-refractivity contribution < 1.29 is 17.9 Å². The van der Waals surface area contributed by atoms with Gasteiger partial charge < -0.3 is 9.47 Å². The predicted octanol–water partition coefficient (Wildman–Crippen LogP) is 5.04. The zero-order valence-corrected chi connectivity index (χ0v) is 21.2. The van der Waals surface area contributed by atoms with E-state index in [1.54, 1.807) is 25.1 Å². The second-order valence-electron chi connectivity index (χ2n) is 7.55. The molecule has 0 amide bonds. The van der Waals surface area contributed by atoms with Crippen LogP contribution in [0.4, 0.5) is 0 Å². The summed E-state index contributed by atoms with van der Waals surface area (Å²) >= 11 is 3.44. The SMILES string of the molecule is COc1ccc(CN(Cc2ccc(OC)cc2)S(=O)(=O)c2ccn(-c3cccc(Br)c3)n2)cc1. The third-order valence-corrected chi connectivity index (χ3v) is 7.46. The van der Waals surface area contributed by atoms with E-state index in [2.05, 4.69) is 21.0 Å². The van der Waals surface area contributed by atoms with Gasteiger partial charge in [0.05, 0.1) is 19.9 Å². The number of sulfonamides is 1. The highest BCUT2D eigenvalue weighted by Crippen LogP contribution is 2.23. The van der Waals surface area contributed by atoms with E-state index in [1.807, 2.05) is 72.8 Å². The molecule has 0 fully saturated rings. The number of hydrogen-bond acceptors (Lipinski definition) is 5. The maximum Gasteiger partial charge on any atom is 0.263 e. The molecule has 176 valence electrons. The Balaban J connectivity index is 1.66. The molecule has 34 heavy (non-hydrogen) atoms. The fourth-order valence-electron chi connectivity index (χ4n) is 3.43. The summed E-state index contributed by atoms with van der Waals surface area (Å²) in [7, 11) is -0.710. The molecule has 0 N–H and O–H groups in total. The van der Waals surface area contributed by atoms with Gasteiger partial charge in [0.15, 0.2) is 5.03 Å². The summed E-state index contributed by atoms with van der Waals surface area (Å²) in [6.07, 6.45) is 1.65. The molecular formula is C25H24BrN3O4S. The summed E-state index contributed by atoms with van der Waals surface area (Å²) < 4.78 is 41.7. The molecule has 0 atom stereocenters. The second-order valence-corrected chi connectivity index (χ2v) is 10.3. The Bertz CT molecular complexity index is 1300. The summed E-state index contributed by atoms with van der Waals surface area (Å²) in [5, 5.41) is 4.36. The lowest BCUT2D eigenvalue weighted by atomic mass is 10.2. The van der Waals surface area contributed by atoms with Crippen LogP contribution in [0.5, 0.6) is 11.5 Å². The molecule has 0 aliphatic heterocycles. The minimum Gasteiger partial charge on any atom is -0.497 e. The summed E-state index contributed by atoms with van der Waals surface area (Å²) in [4.78, 5) is 0. The molecule has 1 heterocycles. The van der Waals surface area contributed by atoms with Crippen LogP contribution in [0.1, 0.15) is 11.1 Å². The van der Waals surface area contributed by atoms with Gasteiger partial charge in [-0.25, -0.2) is 13.1 Å². The Labute approximate surface area is 207 Å². The van der Waals surface area contributed by atoms with Crippen LogP contribution in [0.2, 0.25) is 0 Å². The lowest BCUT2D eigenvalue weighted by molar-refractivity contribution is 0.395. The van der Waals surface area contributed by atoms with Gasteiger partial charge in [0.1, 0.15) is 11.5 Å². The normalized spacial score (nSPS) is 11.5. The van der Waals surface area contributed by atoms with Gasteiger partial charge in [-0.1, -0.05) is 46.3 Å². The molecular weight excluding hydrogens is 518 g/mol. The summed E-state index contributed by atoms with van der Waals surface area (Å²) in [6, 6.07) is 23.7. The standard InChI is InChI=1S/C25H24BrN3O4S/c1-32-23-10-6-19(7-11-23)17-28(18-20-8-12-24(33-2)13-9-20)34(30,31)25-14-15-29(27-25)22-5-3-4-21(26)16-22/h3-16H,17-18H2,1-2H3. The van der Waals surface area contributed by atoms with Crippen molar-refractivity contribution in [1.29, 1.82) is 0 Å². The van der Waals surface area contributed by atoms with Crippen molar-refractivity contribution in [3.05, 3.63) is 101 Å². The van der Waals surface area contributed by atoms with Crippen molar-refractivity contribution in [1.82, 2.24) is 14.1 Å². The summed E-state index contributed by atoms with van der Waals surface area (Å²) in [6.45, 7) is 0.365. The number of rotatable bonds is 9. The molecule has 0 saturated heterocycles. The van der Waals surface area contributed by atoms with Crippen LogP contribution in [0.3, 0.4) is 0 Å². The Kier molecular flexibility index (Phi) is 7.35. The molecule has 9 heteroatoms. The van der Waals surface area contributed by atoms with E-state index in [4.69, 9.17) is 9.47 Å². The summed E-state index contributed by atoms with van der Waals surface area (Å²) in [5.74, 6) is 1.42. The first kappa shape index (κ1) is 24.0. The molecule has 0 aliphatic rings. The van der Waals surface area contributed by atoms with Crippen molar-refractivity contribution in [2.45, 2.75) is 18.1 Å². The number of methoxy groups -OCH3 is 2. The van der Waals surface area contributed by atoms with E-state index in [9.17, 15) is 8.42 Å². The first-order chi connectivity index (χ1) is 16.4. The predicted molar refractivity (Wildman–Crippen MR) is 134 cm³/mol. The van der Waals surface area contributed by atoms with Crippen molar-refractivity contribution in [2.75, 3.05) is 14.2 Å². The highest BCUT2D eigenvalue weighted by atomic mass is 79.9. The Morgan fingerprint density at radius 2 is 1.41 bits per heavy atom. The highest BCUT2D eigenvalue weighted by molar-refractivity contribution is 9.10. The lowest BCUT2D eigenvalue weighted by Crippen LogP contribution is -2.30. The van der Waals surface area contributed by atoms with Crippen LogP contribution >= 0.6 is 15.9 Å². The van der Waals surface area contributed by atoms with Gasteiger partial charge >= 0.3 is 0 Å². The fourth-order valence-corrected chi connectivity index (χ4v) is 5.15. The monoisotopic (exact) mass is 541 g/mol. The van der Waals surface area contributed by atoms with Crippen molar-refractivity contribution in [2.24, 2.45) is 0 Å². The maximum atomic E-state index is 13.7. The van der Waals surface area contributed by atoms with Crippen LogP contribution in [0.25, 0.3) is 5.69 Å². The maximum absolute atomic E-state index is 13.7. The Hall–Kier alpha value is -3.14. The third-order valence-electron chi connectivity index (χ3n) is 5.28. The lowest BCUT2D eigenvalue weighted by Gasteiger charge is -2.21. The number of nitrogens with zero attached hydrogens (tertiary/aromatic N) is 3. The first-order valence-electron chi connectivity index (χ1n) is 10.5. The summed E-state index contributed by atoms with van der Waals surface area (Å²) in [5.41, 5.74) is 2.43. The first-order valence-corrected chi connectivity index (χ1v) is 12.7. The molecule has 4 rings (SSSR count). The quantitative estimate of drug-likeness (QED) is 0.296. The zero-order chi connectivity index (χ0) is 24.1. The van der Waals surface area contributed by atoms with Crippen molar-refractivity contribution in [3.8, 4) is 17.2 Å². The van der Waals surface area contributed by atoms with E-state index in [0.29, 0.717) is 11.5 Å². The van der Waals surface area contributed by atoms with Gasteiger partial charge in [-0.15, -0.1) is 0 Å². The highest BCUT2D eigenvalue weighted by Gasteiger charge is 2.28. The van der Waals surface area contributed by atoms with Crippen LogP contribution < -0.4 is 9.47 Å². The average Bonchev–Trinajstić information content (AvgIpc) is 3.36. The molecule has 0 saturated carbocycles. The fraction of sp³-hybridized carbons (Fsp3) is 0.160. The van der Waals surface area contributed by atoms with Crippen LogP contribution in [-0.4, -0.2) is 36.7 Å². The molecule has 0 spiro atoms. The van der Waals surface area contributed by atoms with Gasteiger partial charge in [0.25, 0.3) is 10.0 Å². The van der Waals surface area contributed by atoms with Crippen LogP contribution in [-0.2, 0) is 23.1 Å². The number of halogens is 1. The van der Waals surface area contributed by atoms with Gasteiger partial charge in [-0.3, -0.25) is 0 Å². The Morgan fingerprint density at radius 3 is 1.91 bits per heavy atom. The zero-order valence-electron chi connectivity index (χ0n) is 18.8. The third kappa shape index (κ3) is 5.49. The smallest absolute Gasteiger partial charge is 0.263 e. The van der Waals surface area contributed by atoms with E-state index in [-0.39, 0.29) is 18.1 Å². The van der Waals surface area contributed by atoms with E-state index < -0.39 is 10.0 Å². The molecule has 0 bridgehead atoms. The molecule has 0 radical (unpaired) electrons. The molecule has 0 aliphatic carbocycles. The van der Waals surface area contributed by atoms with Crippen molar-refractivity contribution >= 4 is 26.0 Å². The number of hydrogen-bond donors (Lipinski definition) is 0. The average molecular weight is 542 g/mol. The molecule has 1 aromatic heterocycles. The van der Waals surface area contributed by atoms with E-state index in [1.165, 1.54) is 10.4 Å². The molecule has 7 nitrogen and oxygen atoms in total. The van der Waals surface area contributed by atoms with Crippen LogP contribution in [0.15, 0.2) is 94.6 Å². The molecule has 4 aromatic rings. The number of ether oxygens (including phenoxy) is 2. The van der Waals surface area contributed by atoms with Crippen LogP contribution in [0, 0.1) is 0 Å². The topological polar surface area (TPSA) is 73.7 Å². The molecule has 3 aromatic carbocycles. The molecule has 0 unspecified atom stereocenters. The number of benzene rings is 3. The van der Waals surface area contributed by atoms with Crippen molar-refractivity contribution in [3.63, 3.8) is 0 Å². The minimum absolute atomic E-state index is 0.0190. The van der Waals surface area contributed by atoms with E-state index >= 15 is 0 Å². The second kappa shape index (κ2) is 10.4. The minimum atomic E-state index is -3.90. The largest absolute Gasteiger partial charge is 0.497 e. The number of aromatic nitrogens is 2. The van der Waals surface area contributed by atoms with Gasteiger partial charge in [0.2, 0.25) is 0 Å². The van der Waals surface area contributed by atoms with Gasteiger partial charge in [-0.2, -0.15) is 9.40 Å². The van der Waals surface area contributed by atoms with E-state index in [0.717, 1.165) is 21.3 Å². The van der Waals surface area contributed by atoms with Gasteiger partial charge in [-0.05, 0) is 59.7 Å². The van der Waals surface area contributed by atoms with Gasteiger partial charge in [0, 0.05) is 23.8 Å².